The Morgan fingerprint density at radius 2 is 1.55 bits per heavy atom. The first-order valence-corrected chi connectivity index (χ1v) is 22.5. The number of piperidine rings is 1. The van der Waals surface area contributed by atoms with Crippen molar-refractivity contribution in [2.24, 2.45) is 23.5 Å². The van der Waals surface area contributed by atoms with E-state index in [1.54, 1.807) is 71.5 Å². The Hall–Kier alpha value is -5.51. The number of carboxylic acid groups (broad SMARTS) is 1. The van der Waals surface area contributed by atoms with Crippen LogP contribution in [0.25, 0.3) is 33.5 Å². The summed E-state index contributed by atoms with van der Waals surface area (Å²) in [6.45, 7) is 2.35. The summed E-state index contributed by atoms with van der Waals surface area (Å²) in [5, 5.41) is 10.8. The lowest BCUT2D eigenvalue weighted by molar-refractivity contribution is 0.0464. The van der Waals surface area contributed by atoms with Crippen LogP contribution in [0.15, 0.2) is 100 Å². The van der Waals surface area contributed by atoms with Gasteiger partial charge in [-0.25, -0.2) is 18.2 Å². The molecule has 308 valence electrons. The number of nitrogens with two attached hydrogens (primary N) is 1. The van der Waals surface area contributed by atoms with E-state index in [9.17, 15) is 27.9 Å². The van der Waals surface area contributed by atoms with Gasteiger partial charge in [-0.1, -0.05) is 46.3 Å². The van der Waals surface area contributed by atoms with E-state index in [0.717, 1.165) is 40.5 Å². The molecule has 3 N–H and O–H groups in total. The number of benzene rings is 4. The fourth-order valence-electron chi connectivity index (χ4n) is 9.86. The van der Waals surface area contributed by atoms with Gasteiger partial charge < -0.3 is 34.5 Å². The van der Waals surface area contributed by atoms with Crippen LogP contribution in [0.5, 0.6) is 5.75 Å². The number of rotatable bonds is 11. The highest BCUT2D eigenvalue weighted by Gasteiger charge is 2.64. The van der Waals surface area contributed by atoms with Crippen LogP contribution in [0.2, 0.25) is 0 Å². The molecular formula is C45H43BrN6O7S. The van der Waals surface area contributed by atoms with Crippen LogP contribution in [0.1, 0.15) is 56.8 Å². The molecule has 2 saturated carbocycles. The molecule has 6 aromatic rings. The number of aromatic carboxylic acids is 1. The minimum atomic E-state index is -4.01. The van der Waals surface area contributed by atoms with Gasteiger partial charge in [-0.2, -0.15) is 0 Å². The first-order chi connectivity index (χ1) is 28.9. The van der Waals surface area contributed by atoms with Crippen molar-refractivity contribution < 1.29 is 32.6 Å². The molecule has 2 bridgehead atoms. The number of hydrogen-bond acceptors (Lipinski definition) is 8. The maximum atomic E-state index is 14.6. The quantitative estimate of drug-likeness (QED) is 0.144. The van der Waals surface area contributed by atoms with Gasteiger partial charge in [-0.15, -0.1) is 0 Å². The molecule has 2 aromatic heterocycles. The summed E-state index contributed by atoms with van der Waals surface area (Å²) in [7, 11) is -2.45. The summed E-state index contributed by atoms with van der Waals surface area (Å²) in [5.74, 6) is -0.530. The number of hydrogen-bond donors (Lipinski definition) is 2. The lowest BCUT2D eigenvalue weighted by Gasteiger charge is -2.40. The average Bonchev–Trinajstić information content (AvgIpc) is 3.63. The molecule has 4 aliphatic rings. The van der Waals surface area contributed by atoms with Crippen molar-refractivity contribution >= 4 is 65.5 Å². The number of imidazole rings is 1. The Labute approximate surface area is 354 Å². The first kappa shape index (κ1) is 38.7. The number of carboxylic acids is 1. The van der Waals surface area contributed by atoms with Crippen LogP contribution in [0, 0.1) is 17.8 Å². The lowest BCUT2D eigenvalue weighted by atomic mass is 9.97. The Balaban J connectivity index is 1.02. The summed E-state index contributed by atoms with van der Waals surface area (Å²) in [6, 6.07) is 25.9. The third kappa shape index (κ3) is 6.06. The van der Waals surface area contributed by atoms with Crippen LogP contribution in [-0.4, -0.2) is 92.9 Å². The van der Waals surface area contributed by atoms with Gasteiger partial charge in [-0.05, 0) is 92.3 Å². The monoisotopic (exact) mass is 890 g/mol. The third-order valence-corrected chi connectivity index (χ3v) is 16.1. The van der Waals surface area contributed by atoms with Crippen LogP contribution in [-0.2, 0) is 22.9 Å². The minimum Gasteiger partial charge on any atom is -0.494 e. The van der Waals surface area contributed by atoms with E-state index in [1.807, 2.05) is 12.1 Å². The molecule has 4 fully saturated rings. The van der Waals surface area contributed by atoms with Crippen molar-refractivity contribution in [3.63, 3.8) is 0 Å². The molecule has 60 heavy (non-hydrogen) atoms. The van der Waals surface area contributed by atoms with Gasteiger partial charge in [0.05, 0.1) is 40.4 Å². The smallest absolute Gasteiger partial charge is 0.336 e. The van der Waals surface area contributed by atoms with Crippen molar-refractivity contribution in [1.82, 2.24) is 23.9 Å². The van der Waals surface area contributed by atoms with E-state index < -0.39 is 32.6 Å². The maximum absolute atomic E-state index is 14.6. The van der Waals surface area contributed by atoms with Crippen molar-refractivity contribution in [2.45, 2.75) is 54.6 Å². The van der Waals surface area contributed by atoms with E-state index >= 15 is 0 Å². The zero-order valence-electron chi connectivity index (χ0n) is 32.8. The highest BCUT2D eigenvalue weighted by molar-refractivity contribution is 9.10. The first-order valence-electron chi connectivity index (χ1n) is 20.3. The molecule has 0 radical (unpaired) electrons. The predicted octanol–water partition coefficient (Wildman–Crippen LogP) is 6.67. The van der Waals surface area contributed by atoms with Crippen molar-refractivity contribution in [3.05, 3.63) is 112 Å². The zero-order valence-corrected chi connectivity index (χ0v) is 35.2. The molecule has 2 amide bonds. The number of aromatic nitrogens is 3. The molecule has 0 spiro atoms. The number of ether oxygens (including phenoxy) is 1. The number of likely N-dealkylation sites (tertiary alicyclic amines) is 2. The number of nitrogens with zero attached hydrogens (tertiary/aromatic N) is 5. The Bertz CT molecular complexity index is 2860. The van der Waals surface area contributed by atoms with E-state index in [-0.39, 0.29) is 40.3 Å². The van der Waals surface area contributed by atoms with E-state index in [0.29, 0.717) is 66.6 Å². The zero-order chi connectivity index (χ0) is 41.7. The lowest BCUT2D eigenvalue weighted by Crippen LogP contribution is -2.57. The predicted molar refractivity (Wildman–Crippen MR) is 229 cm³/mol. The van der Waals surface area contributed by atoms with Crippen LogP contribution >= 0.6 is 15.9 Å². The van der Waals surface area contributed by atoms with Crippen molar-refractivity contribution in [1.29, 1.82) is 0 Å². The summed E-state index contributed by atoms with van der Waals surface area (Å²) in [4.78, 5) is 47.1. The maximum Gasteiger partial charge on any atom is 0.336 e. The highest BCUT2D eigenvalue weighted by atomic mass is 79.9. The molecule has 2 unspecified atom stereocenters. The number of halogens is 1. The standard InChI is InChI=1S/C45H43BrN6O7S/c1-59-38-20-29(42(53)51-25-30-12-17-39(51)45(30,47)60(57,58)32-15-13-31(46)14-16-32)18-35-40(38)52(24-27-21-49(22-27)43(54)33-7-3-4-8-34(33)44(55)56)41(48-35)37-19-28-6-2-5-9-36(28)50(37)23-26-10-11-26/h2-9,13-16,18-20,26-27,30,39H,10-12,17,21-25,47H2,1H3,(H,55,56)/t30?,39?,45-/m1/s1. The summed E-state index contributed by atoms with van der Waals surface area (Å²) < 4.78 is 39.6. The molecule has 2 aliphatic carbocycles. The SMILES string of the molecule is COc1cc(C(=O)N2CC3CCC2[C@]3(N)S(=O)(=O)c2ccc(Br)cc2)cc2nc(-c3cc4ccccc4n3CC3CC3)n(CC3CN(C(=O)c4ccccc4C(=O)O)C3)c12. The molecule has 10 rings (SSSR count). The van der Waals surface area contributed by atoms with Gasteiger partial charge in [0.15, 0.2) is 15.7 Å². The Morgan fingerprint density at radius 3 is 2.27 bits per heavy atom. The highest BCUT2D eigenvalue weighted by Crippen LogP contribution is 2.50. The molecule has 15 heteroatoms. The summed E-state index contributed by atoms with van der Waals surface area (Å²) >= 11 is 3.38. The summed E-state index contributed by atoms with van der Waals surface area (Å²) in [5.41, 5.74) is 10.7. The normalized spacial score (nSPS) is 21.5. The largest absolute Gasteiger partial charge is 0.494 e. The number of carbonyl (C=O) groups excluding carboxylic acids is 2. The van der Waals surface area contributed by atoms with Crippen LogP contribution < -0.4 is 10.5 Å². The van der Waals surface area contributed by atoms with Gasteiger partial charge in [0, 0.05) is 65.5 Å². The molecule has 13 nitrogen and oxygen atoms in total. The van der Waals surface area contributed by atoms with E-state index in [4.69, 9.17) is 15.5 Å². The Kier molecular flexibility index (Phi) is 9.22. The topological polar surface area (TPSA) is 170 Å². The van der Waals surface area contributed by atoms with Gasteiger partial charge >= 0.3 is 5.97 Å². The fourth-order valence-corrected chi connectivity index (χ4v) is 12.3. The van der Waals surface area contributed by atoms with Crippen molar-refractivity contribution in [2.75, 3.05) is 26.7 Å². The molecule has 2 saturated heterocycles. The number of para-hydroxylation sites is 1. The van der Waals surface area contributed by atoms with Crippen LogP contribution in [0.3, 0.4) is 0 Å². The number of fused-ring (bicyclic) bond motifs is 4. The average molecular weight is 892 g/mol. The van der Waals surface area contributed by atoms with E-state index in [1.165, 1.54) is 6.07 Å². The van der Waals surface area contributed by atoms with E-state index in [2.05, 4.69) is 43.3 Å². The van der Waals surface area contributed by atoms with Crippen molar-refractivity contribution in [3.8, 4) is 17.3 Å². The summed E-state index contributed by atoms with van der Waals surface area (Å²) in [6.07, 6.45) is 3.38. The second kappa shape index (κ2) is 14.3. The number of carbonyl (C=O) groups is 3. The van der Waals surface area contributed by atoms with Gasteiger partial charge in [0.25, 0.3) is 11.8 Å². The number of methoxy groups -OCH3 is 1. The molecule has 2 aliphatic heterocycles. The number of sulfone groups is 1. The number of amides is 2. The third-order valence-electron chi connectivity index (χ3n) is 13.1. The fraction of sp³-hybridized carbons (Fsp3) is 0.333. The minimum absolute atomic E-state index is 0.0138. The second-order valence-electron chi connectivity index (χ2n) is 16.7. The van der Waals surface area contributed by atoms with Gasteiger partial charge in [0.1, 0.15) is 16.1 Å². The molecule has 3 atom stereocenters. The van der Waals surface area contributed by atoms with Gasteiger partial charge in [-0.3, -0.25) is 9.59 Å². The second-order valence-corrected chi connectivity index (χ2v) is 19.8. The molecule has 4 aromatic carbocycles. The molecule has 4 heterocycles. The van der Waals surface area contributed by atoms with Gasteiger partial charge in [0.2, 0.25) is 0 Å². The molecular weight excluding hydrogens is 849 g/mol. The van der Waals surface area contributed by atoms with Crippen LogP contribution in [0.4, 0.5) is 0 Å². The Morgan fingerprint density at radius 1 is 0.850 bits per heavy atom.